The number of alkyl halides is 1. The van der Waals surface area contributed by atoms with Crippen LogP contribution in [-0.4, -0.2) is 33.7 Å². The molecule has 1 heterocycles. The van der Waals surface area contributed by atoms with Crippen LogP contribution < -0.4 is 5.32 Å². The lowest BCUT2D eigenvalue weighted by Crippen LogP contribution is -2.44. The molecule has 1 unspecified atom stereocenters. The SMILES string of the molecule is CC(Br)CCN1C(=O)NC(=O)C1(C)C. The molecule has 3 amide bonds. The third-order valence-electron chi connectivity index (χ3n) is 2.45. The number of carbonyl (C=O) groups is 2. The summed E-state index contributed by atoms with van der Waals surface area (Å²) >= 11 is 3.41. The number of imide groups is 1. The van der Waals surface area contributed by atoms with E-state index in [9.17, 15) is 9.59 Å². The van der Waals surface area contributed by atoms with E-state index in [4.69, 9.17) is 0 Å². The molecule has 1 N–H and O–H groups in total. The highest BCUT2D eigenvalue weighted by molar-refractivity contribution is 9.09. The van der Waals surface area contributed by atoms with E-state index in [0.29, 0.717) is 11.4 Å². The second kappa shape index (κ2) is 3.88. The van der Waals surface area contributed by atoms with E-state index in [2.05, 4.69) is 21.2 Å². The van der Waals surface area contributed by atoms with Crippen LogP contribution in [0.3, 0.4) is 0 Å². The largest absolute Gasteiger partial charge is 0.324 e. The van der Waals surface area contributed by atoms with E-state index in [1.165, 1.54) is 0 Å². The Bertz CT molecular complexity index is 264. The first-order valence-corrected chi connectivity index (χ1v) is 5.54. The zero-order valence-corrected chi connectivity index (χ0v) is 10.2. The van der Waals surface area contributed by atoms with E-state index < -0.39 is 5.54 Å². The highest BCUT2D eigenvalue weighted by atomic mass is 79.9. The molecule has 0 aromatic heterocycles. The van der Waals surface area contributed by atoms with Gasteiger partial charge in [-0.2, -0.15) is 0 Å². The average molecular weight is 263 g/mol. The minimum atomic E-state index is -0.709. The molecule has 0 radical (unpaired) electrons. The second-order valence-electron chi connectivity index (χ2n) is 4.04. The lowest BCUT2D eigenvalue weighted by atomic mass is 10.0. The number of hydrogen-bond acceptors (Lipinski definition) is 2. The van der Waals surface area contributed by atoms with Crippen LogP contribution in [0.25, 0.3) is 0 Å². The summed E-state index contributed by atoms with van der Waals surface area (Å²) in [6.07, 6.45) is 0.837. The molecule has 4 nitrogen and oxygen atoms in total. The molecule has 0 aromatic carbocycles. The van der Waals surface area contributed by atoms with Gasteiger partial charge in [-0.3, -0.25) is 10.1 Å². The fourth-order valence-electron chi connectivity index (χ4n) is 1.38. The van der Waals surface area contributed by atoms with Gasteiger partial charge in [0, 0.05) is 11.4 Å². The van der Waals surface area contributed by atoms with Gasteiger partial charge in [0.15, 0.2) is 0 Å². The Morgan fingerprint density at radius 3 is 2.43 bits per heavy atom. The normalized spacial score (nSPS) is 22.4. The van der Waals surface area contributed by atoms with Crippen LogP contribution in [0.15, 0.2) is 0 Å². The first-order chi connectivity index (χ1) is 6.35. The van der Waals surface area contributed by atoms with Crippen molar-refractivity contribution in [2.75, 3.05) is 6.54 Å². The molecule has 0 aliphatic carbocycles. The monoisotopic (exact) mass is 262 g/mol. The van der Waals surface area contributed by atoms with Crippen LogP contribution in [-0.2, 0) is 4.79 Å². The van der Waals surface area contributed by atoms with E-state index in [-0.39, 0.29) is 11.9 Å². The van der Waals surface area contributed by atoms with Crippen molar-refractivity contribution in [1.82, 2.24) is 10.2 Å². The van der Waals surface area contributed by atoms with Gasteiger partial charge in [0.1, 0.15) is 5.54 Å². The fourth-order valence-corrected chi connectivity index (χ4v) is 1.59. The van der Waals surface area contributed by atoms with Gasteiger partial charge >= 0.3 is 6.03 Å². The first-order valence-electron chi connectivity index (χ1n) is 4.63. The quantitative estimate of drug-likeness (QED) is 0.619. The maximum Gasteiger partial charge on any atom is 0.324 e. The molecule has 14 heavy (non-hydrogen) atoms. The van der Waals surface area contributed by atoms with Gasteiger partial charge in [0.2, 0.25) is 0 Å². The van der Waals surface area contributed by atoms with Crippen molar-refractivity contribution < 1.29 is 9.59 Å². The van der Waals surface area contributed by atoms with E-state index in [0.717, 1.165) is 6.42 Å². The van der Waals surface area contributed by atoms with Crippen LogP contribution in [0.1, 0.15) is 27.2 Å². The van der Waals surface area contributed by atoms with Crippen molar-refractivity contribution in [2.24, 2.45) is 0 Å². The van der Waals surface area contributed by atoms with Crippen molar-refractivity contribution >= 4 is 27.9 Å². The van der Waals surface area contributed by atoms with Crippen LogP contribution in [0.5, 0.6) is 0 Å². The first kappa shape index (κ1) is 11.5. The smallest absolute Gasteiger partial charge is 0.310 e. The van der Waals surface area contributed by atoms with Crippen LogP contribution in [0.4, 0.5) is 4.79 Å². The number of halogens is 1. The summed E-state index contributed by atoms with van der Waals surface area (Å²) in [6.45, 7) is 6.12. The summed E-state index contributed by atoms with van der Waals surface area (Å²) in [6, 6.07) is -0.284. The molecular weight excluding hydrogens is 248 g/mol. The summed E-state index contributed by atoms with van der Waals surface area (Å²) in [5.74, 6) is -0.218. The Hall–Kier alpha value is -0.580. The Labute approximate surface area is 92.2 Å². The summed E-state index contributed by atoms with van der Waals surface area (Å²) in [7, 11) is 0. The van der Waals surface area contributed by atoms with Crippen molar-refractivity contribution in [3.8, 4) is 0 Å². The van der Waals surface area contributed by atoms with Crippen LogP contribution in [0.2, 0.25) is 0 Å². The minimum Gasteiger partial charge on any atom is -0.310 e. The Morgan fingerprint density at radius 1 is 1.50 bits per heavy atom. The number of nitrogens with zero attached hydrogens (tertiary/aromatic N) is 1. The molecular formula is C9H15BrN2O2. The summed E-state index contributed by atoms with van der Waals surface area (Å²) in [5, 5.41) is 2.31. The van der Waals surface area contributed by atoms with E-state index >= 15 is 0 Å². The second-order valence-corrected chi connectivity index (χ2v) is 5.60. The predicted molar refractivity (Wildman–Crippen MR) is 57.3 cm³/mol. The number of hydrogen-bond donors (Lipinski definition) is 1. The lowest BCUT2D eigenvalue weighted by Gasteiger charge is -2.28. The van der Waals surface area contributed by atoms with Crippen molar-refractivity contribution in [1.29, 1.82) is 0 Å². The third-order valence-corrected chi connectivity index (χ3v) is 2.90. The Kier molecular flexibility index (Phi) is 3.19. The number of nitrogens with one attached hydrogen (secondary N) is 1. The topological polar surface area (TPSA) is 49.4 Å². The number of rotatable bonds is 3. The van der Waals surface area contributed by atoms with Crippen LogP contribution >= 0.6 is 15.9 Å². The molecule has 5 heteroatoms. The van der Waals surface area contributed by atoms with Crippen molar-refractivity contribution in [2.45, 2.75) is 37.6 Å². The summed E-state index contributed by atoms with van der Waals surface area (Å²) in [5.41, 5.74) is -0.709. The van der Waals surface area contributed by atoms with Crippen molar-refractivity contribution in [3.05, 3.63) is 0 Å². The number of urea groups is 1. The van der Waals surface area contributed by atoms with Gasteiger partial charge < -0.3 is 4.90 Å². The van der Waals surface area contributed by atoms with Gasteiger partial charge in [-0.15, -0.1) is 0 Å². The molecule has 0 saturated carbocycles. The zero-order chi connectivity index (χ0) is 10.9. The van der Waals surface area contributed by atoms with Gasteiger partial charge in [0.05, 0.1) is 0 Å². The summed E-state index contributed by atoms with van der Waals surface area (Å²) in [4.78, 5) is 24.7. The molecule has 1 rings (SSSR count). The van der Waals surface area contributed by atoms with E-state index in [1.54, 1.807) is 18.7 Å². The van der Waals surface area contributed by atoms with Crippen LogP contribution in [0, 0.1) is 0 Å². The van der Waals surface area contributed by atoms with Gasteiger partial charge in [-0.25, -0.2) is 4.79 Å². The van der Waals surface area contributed by atoms with E-state index in [1.807, 2.05) is 6.92 Å². The fraction of sp³-hybridized carbons (Fsp3) is 0.778. The summed E-state index contributed by atoms with van der Waals surface area (Å²) < 4.78 is 0. The standard InChI is InChI=1S/C9H15BrN2O2/c1-6(10)4-5-12-8(14)11-7(13)9(12,2)3/h6H,4-5H2,1-3H3,(H,11,13,14). The molecule has 0 aromatic rings. The Morgan fingerprint density at radius 2 is 2.07 bits per heavy atom. The molecule has 80 valence electrons. The lowest BCUT2D eigenvalue weighted by molar-refractivity contribution is -0.125. The highest BCUT2D eigenvalue weighted by Crippen LogP contribution is 2.21. The maximum atomic E-state index is 11.4. The molecule has 1 aliphatic rings. The highest BCUT2D eigenvalue weighted by Gasteiger charge is 2.44. The molecule has 0 bridgehead atoms. The maximum absolute atomic E-state index is 11.4. The third kappa shape index (κ3) is 2.08. The molecule has 1 atom stereocenters. The Balaban J connectivity index is 2.67. The van der Waals surface area contributed by atoms with Gasteiger partial charge in [-0.1, -0.05) is 22.9 Å². The zero-order valence-electron chi connectivity index (χ0n) is 8.63. The van der Waals surface area contributed by atoms with Gasteiger partial charge in [-0.05, 0) is 20.3 Å². The molecule has 1 aliphatic heterocycles. The molecule has 0 spiro atoms. The van der Waals surface area contributed by atoms with Gasteiger partial charge in [0.25, 0.3) is 5.91 Å². The molecule has 1 saturated heterocycles. The molecule has 1 fully saturated rings. The number of amides is 3. The minimum absolute atomic E-state index is 0.218. The predicted octanol–water partition coefficient (Wildman–Crippen LogP) is 1.49. The van der Waals surface area contributed by atoms with Crippen molar-refractivity contribution in [3.63, 3.8) is 0 Å². The average Bonchev–Trinajstić information content (AvgIpc) is 2.20. The number of carbonyl (C=O) groups excluding carboxylic acids is 2.